The van der Waals surface area contributed by atoms with Crippen molar-refractivity contribution in [3.05, 3.63) is 12.1 Å². The molecule has 1 aliphatic heterocycles. The van der Waals surface area contributed by atoms with Gasteiger partial charge in [-0.05, 0) is 41.5 Å². The maximum atomic E-state index is 11.5. The standard InChI is InChI=1S/C13H23BO4/c1-11(2,10(15)16-7)8-9-14-17-12(3,4)13(5,6)18-14/h8-9H,1-7H3. The van der Waals surface area contributed by atoms with Crippen LogP contribution in [0.4, 0.5) is 0 Å². The average Bonchev–Trinajstić information content (AvgIpc) is 2.44. The first kappa shape index (κ1) is 15.3. The zero-order chi connectivity index (χ0) is 14.2. The van der Waals surface area contributed by atoms with E-state index >= 15 is 0 Å². The third kappa shape index (κ3) is 2.95. The fourth-order valence-corrected chi connectivity index (χ4v) is 1.62. The van der Waals surface area contributed by atoms with Crippen molar-refractivity contribution >= 4 is 13.1 Å². The highest BCUT2D eigenvalue weighted by Crippen LogP contribution is 2.37. The van der Waals surface area contributed by atoms with Crippen LogP contribution in [0.2, 0.25) is 0 Å². The van der Waals surface area contributed by atoms with E-state index in [-0.39, 0.29) is 17.2 Å². The molecular weight excluding hydrogens is 231 g/mol. The molecule has 1 saturated heterocycles. The highest BCUT2D eigenvalue weighted by molar-refractivity contribution is 6.51. The third-order valence-corrected chi connectivity index (χ3v) is 3.65. The lowest BCUT2D eigenvalue weighted by Crippen LogP contribution is -2.41. The van der Waals surface area contributed by atoms with Gasteiger partial charge in [-0.2, -0.15) is 0 Å². The van der Waals surface area contributed by atoms with Crippen LogP contribution in [0.3, 0.4) is 0 Å². The number of hydrogen-bond acceptors (Lipinski definition) is 4. The molecule has 1 heterocycles. The van der Waals surface area contributed by atoms with E-state index in [9.17, 15) is 4.79 Å². The summed E-state index contributed by atoms with van der Waals surface area (Å²) in [6.07, 6.45) is 1.76. The van der Waals surface area contributed by atoms with E-state index in [4.69, 9.17) is 14.0 Å². The lowest BCUT2D eigenvalue weighted by molar-refractivity contribution is -0.148. The molecule has 0 aromatic heterocycles. The van der Waals surface area contributed by atoms with Gasteiger partial charge in [0.05, 0.1) is 23.7 Å². The van der Waals surface area contributed by atoms with Gasteiger partial charge < -0.3 is 14.0 Å². The molecule has 4 nitrogen and oxygen atoms in total. The summed E-state index contributed by atoms with van der Waals surface area (Å²) in [5, 5.41) is 0. The Labute approximate surface area is 110 Å². The minimum Gasteiger partial charge on any atom is -0.468 e. The van der Waals surface area contributed by atoms with E-state index in [0.717, 1.165) is 0 Å². The topological polar surface area (TPSA) is 44.8 Å². The number of rotatable bonds is 3. The van der Waals surface area contributed by atoms with Crippen molar-refractivity contribution in [1.29, 1.82) is 0 Å². The lowest BCUT2D eigenvalue weighted by Gasteiger charge is -2.32. The van der Waals surface area contributed by atoms with Crippen molar-refractivity contribution in [1.82, 2.24) is 0 Å². The zero-order valence-electron chi connectivity index (χ0n) is 12.4. The van der Waals surface area contributed by atoms with Crippen LogP contribution in [0.1, 0.15) is 41.5 Å². The van der Waals surface area contributed by atoms with Gasteiger partial charge in [0.15, 0.2) is 0 Å². The van der Waals surface area contributed by atoms with Crippen molar-refractivity contribution in [2.75, 3.05) is 7.11 Å². The quantitative estimate of drug-likeness (QED) is 0.573. The van der Waals surface area contributed by atoms with Gasteiger partial charge in [-0.15, -0.1) is 0 Å². The van der Waals surface area contributed by atoms with E-state index in [2.05, 4.69) is 0 Å². The Balaban J connectivity index is 2.74. The number of methoxy groups -OCH3 is 1. The minimum absolute atomic E-state index is 0.282. The Bertz CT molecular complexity index is 342. The number of carbonyl (C=O) groups is 1. The molecule has 5 heteroatoms. The van der Waals surface area contributed by atoms with Crippen LogP contribution < -0.4 is 0 Å². The number of esters is 1. The normalized spacial score (nSPS) is 22.5. The molecule has 0 aliphatic carbocycles. The van der Waals surface area contributed by atoms with E-state index in [1.165, 1.54) is 7.11 Å². The molecule has 0 atom stereocenters. The van der Waals surface area contributed by atoms with Gasteiger partial charge in [0.1, 0.15) is 0 Å². The molecule has 0 aromatic carbocycles. The first-order valence-electron chi connectivity index (χ1n) is 6.15. The molecule has 0 aromatic rings. The van der Waals surface area contributed by atoms with Gasteiger partial charge in [0.2, 0.25) is 0 Å². The molecular formula is C13H23BO4. The Morgan fingerprint density at radius 3 is 2.00 bits per heavy atom. The molecule has 0 N–H and O–H groups in total. The van der Waals surface area contributed by atoms with Crippen LogP contribution >= 0.6 is 0 Å². The molecule has 0 bridgehead atoms. The van der Waals surface area contributed by atoms with Crippen molar-refractivity contribution in [3.63, 3.8) is 0 Å². The van der Waals surface area contributed by atoms with Gasteiger partial charge in [-0.3, -0.25) is 4.79 Å². The molecule has 1 aliphatic rings. The highest BCUT2D eigenvalue weighted by Gasteiger charge is 2.50. The number of hydrogen-bond donors (Lipinski definition) is 0. The molecule has 0 saturated carbocycles. The molecule has 102 valence electrons. The second-order valence-corrected chi connectivity index (χ2v) is 6.20. The molecule has 0 radical (unpaired) electrons. The SMILES string of the molecule is COC(=O)C(C)(C)C=CB1OC(C)(C)C(C)(C)O1. The molecule has 1 fully saturated rings. The van der Waals surface area contributed by atoms with Gasteiger partial charge in [-0.1, -0.05) is 12.1 Å². The second-order valence-electron chi connectivity index (χ2n) is 6.20. The molecule has 0 amide bonds. The van der Waals surface area contributed by atoms with Crippen LogP contribution in [-0.2, 0) is 18.8 Å². The maximum absolute atomic E-state index is 11.5. The van der Waals surface area contributed by atoms with E-state index in [1.54, 1.807) is 25.9 Å². The molecule has 1 rings (SSSR count). The summed E-state index contributed by atoms with van der Waals surface area (Å²) in [4.78, 5) is 11.5. The fraction of sp³-hybridized carbons (Fsp3) is 0.769. The molecule has 18 heavy (non-hydrogen) atoms. The Morgan fingerprint density at radius 1 is 1.17 bits per heavy atom. The van der Waals surface area contributed by atoms with Crippen molar-refractivity contribution < 1.29 is 18.8 Å². The Morgan fingerprint density at radius 2 is 1.61 bits per heavy atom. The van der Waals surface area contributed by atoms with Crippen LogP contribution in [0.15, 0.2) is 12.1 Å². The molecule has 0 unspecified atom stereocenters. The summed E-state index contributed by atoms with van der Waals surface area (Å²) in [7, 11) is 0.950. The Hall–Kier alpha value is -0.805. The van der Waals surface area contributed by atoms with Gasteiger partial charge in [-0.25, -0.2) is 0 Å². The van der Waals surface area contributed by atoms with Crippen molar-refractivity contribution in [2.45, 2.75) is 52.7 Å². The number of ether oxygens (including phenoxy) is 1. The van der Waals surface area contributed by atoms with Crippen LogP contribution in [-0.4, -0.2) is 31.4 Å². The summed E-state index contributed by atoms with van der Waals surface area (Å²) in [6, 6.07) is 0. The second kappa shape index (κ2) is 4.70. The van der Waals surface area contributed by atoms with Gasteiger partial charge >= 0.3 is 13.1 Å². The third-order valence-electron chi connectivity index (χ3n) is 3.65. The van der Waals surface area contributed by atoms with E-state index < -0.39 is 12.5 Å². The van der Waals surface area contributed by atoms with Crippen molar-refractivity contribution in [3.8, 4) is 0 Å². The largest absolute Gasteiger partial charge is 0.486 e. The summed E-state index contributed by atoms with van der Waals surface area (Å²) < 4.78 is 16.4. The van der Waals surface area contributed by atoms with Crippen LogP contribution in [0, 0.1) is 5.41 Å². The minimum atomic E-state index is -0.682. The fourth-order valence-electron chi connectivity index (χ4n) is 1.62. The lowest BCUT2D eigenvalue weighted by atomic mass is 9.83. The average molecular weight is 254 g/mol. The van der Waals surface area contributed by atoms with Gasteiger partial charge in [0.25, 0.3) is 0 Å². The number of carbonyl (C=O) groups excluding carboxylic acids is 1. The van der Waals surface area contributed by atoms with Crippen molar-refractivity contribution in [2.24, 2.45) is 5.41 Å². The summed E-state index contributed by atoms with van der Waals surface area (Å²) >= 11 is 0. The Kier molecular flexibility index (Phi) is 3.99. The first-order chi connectivity index (χ1) is 8.02. The zero-order valence-corrected chi connectivity index (χ0v) is 12.4. The van der Waals surface area contributed by atoms with Crippen LogP contribution in [0.5, 0.6) is 0 Å². The smallest absolute Gasteiger partial charge is 0.468 e. The maximum Gasteiger partial charge on any atom is 0.486 e. The molecule has 0 spiro atoms. The predicted octanol–water partition coefficient (Wildman–Crippen LogP) is 2.37. The van der Waals surface area contributed by atoms with Crippen LogP contribution in [0.25, 0.3) is 0 Å². The highest BCUT2D eigenvalue weighted by atomic mass is 16.7. The summed E-state index contributed by atoms with van der Waals surface area (Å²) in [5.41, 5.74) is -1.41. The van der Waals surface area contributed by atoms with Gasteiger partial charge in [0, 0.05) is 0 Å². The summed E-state index contributed by atoms with van der Waals surface area (Å²) in [5.74, 6) is 1.49. The van der Waals surface area contributed by atoms with E-state index in [0.29, 0.717) is 0 Å². The van der Waals surface area contributed by atoms with E-state index in [1.807, 2.05) is 27.7 Å². The monoisotopic (exact) mass is 254 g/mol. The first-order valence-corrected chi connectivity index (χ1v) is 6.15. The summed E-state index contributed by atoms with van der Waals surface area (Å²) in [6.45, 7) is 11.6. The predicted molar refractivity (Wildman–Crippen MR) is 71.0 cm³/mol.